The summed E-state index contributed by atoms with van der Waals surface area (Å²) in [7, 11) is 0. The Morgan fingerprint density at radius 1 is 1.00 bits per heavy atom. The summed E-state index contributed by atoms with van der Waals surface area (Å²) >= 11 is 0. The molecule has 1 saturated heterocycles. The second-order valence-electron chi connectivity index (χ2n) is 5.19. The van der Waals surface area contributed by atoms with Crippen molar-refractivity contribution in [1.29, 1.82) is 0 Å². The summed E-state index contributed by atoms with van der Waals surface area (Å²) in [5, 5.41) is 0. The second-order valence-corrected chi connectivity index (χ2v) is 5.19. The van der Waals surface area contributed by atoms with E-state index >= 15 is 0 Å². The van der Waals surface area contributed by atoms with Gasteiger partial charge in [-0.25, -0.2) is 6.42 Å². The predicted octanol–water partition coefficient (Wildman–Crippen LogP) is 2.71. The van der Waals surface area contributed by atoms with Gasteiger partial charge in [0.05, 0.1) is 0 Å². The van der Waals surface area contributed by atoms with Crippen molar-refractivity contribution < 1.29 is 32.7 Å². The van der Waals surface area contributed by atoms with Crippen LogP contribution in [0.1, 0.15) is 44.9 Å². The van der Waals surface area contributed by atoms with Gasteiger partial charge in [-0.05, 0) is 25.9 Å². The third kappa shape index (κ3) is 5.26. The van der Waals surface area contributed by atoms with E-state index in [1.165, 1.54) is 58.3 Å². The van der Waals surface area contributed by atoms with Crippen molar-refractivity contribution in [2.75, 3.05) is 26.2 Å². The van der Waals surface area contributed by atoms with E-state index < -0.39 is 0 Å². The van der Waals surface area contributed by atoms with Gasteiger partial charge in [0.2, 0.25) is 0 Å². The Morgan fingerprint density at radius 3 is 2.24 bits per heavy atom. The molecule has 1 aliphatic carbocycles. The molecule has 2 nitrogen and oxygen atoms in total. The van der Waals surface area contributed by atoms with Crippen molar-refractivity contribution in [3.63, 3.8) is 0 Å². The molecule has 0 aromatic carbocycles. The first-order chi connectivity index (χ1) is 7.90. The van der Waals surface area contributed by atoms with E-state index in [4.69, 9.17) is 0 Å². The molecule has 0 aromatic rings. The standard InChI is InChI=1S/C14H26N2.Y/c1-2-3-9-15-10-12-16(13-11-15)14-7-5-4-6-8-14;/h9,14H,1-8,10-13H2;/q-2;. The monoisotopic (exact) mass is 311 g/mol. The fourth-order valence-electron chi connectivity index (χ4n) is 3.01. The average molecular weight is 311 g/mol. The minimum absolute atomic E-state index is 0. The Labute approximate surface area is 132 Å². The zero-order valence-electron chi connectivity index (χ0n) is 11.1. The van der Waals surface area contributed by atoms with Crippen LogP contribution in [-0.4, -0.2) is 42.0 Å². The summed E-state index contributed by atoms with van der Waals surface area (Å²) in [6.45, 7) is 11.3. The summed E-state index contributed by atoms with van der Waals surface area (Å²) in [5.74, 6) is 0. The van der Waals surface area contributed by atoms with Crippen molar-refractivity contribution >= 4 is 0 Å². The first kappa shape index (κ1) is 16.1. The Hall–Kier alpha value is 1.02. The summed E-state index contributed by atoms with van der Waals surface area (Å²) in [4.78, 5) is 5.22. The molecule has 0 amide bonds. The van der Waals surface area contributed by atoms with Crippen LogP contribution in [0.25, 0.3) is 0 Å². The Kier molecular flexibility index (Phi) is 8.52. The molecule has 0 atom stereocenters. The molecule has 0 unspecified atom stereocenters. The first-order valence-electron chi connectivity index (χ1n) is 7.01. The smallest absolute Gasteiger partial charge is 0.00963 e. The maximum absolute atomic E-state index is 3.89. The fraction of sp³-hybridized carbons (Fsp3) is 0.857. The largest absolute Gasteiger partial charge is 0.454 e. The van der Waals surface area contributed by atoms with Gasteiger partial charge >= 0.3 is 0 Å². The van der Waals surface area contributed by atoms with E-state index in [1.54, 1.807) is 0 Å². The molecule has 1 aliphatic heterocycles. The molecule has 2 rings (SSSR count). The predicted molar refractivity (Wildman–Crippen MR) is 68.9 cm³/mol. The van der Waals surface area contributed by atoms with Gasteiger partial charge in [-0.2, -0.15) is 6.42 Å². The van der Waals surface area contributed by atoms with Crippen LogP contribution in [0.5, 0.6) is 0 Å². The number of hydrogen-bond acceptors (Lipinski definition) is 2. The first-order valence-corrected chi connectivity index (χ1v) is 7.01. The van der Waals surface area contributed by atoms with Crippen LogP contribution < -0.4 is 0 Å². The maximum Gasteiger partial charge on any atom is 0.00963 e. The van der Waals surface area contributed by atoms with E-state index in [2.05, 4.69) is 23.3 Å². The van der Waals surface area contributed by atoms with Gasteiger partial charge in [-0.1, -0.05) is 19.3 Å². The van der Waals surface area contributed by atoms with Gasteiger partial charge in [0.15, 0.2) is 0 Å². The normalized spacial score (nSPS) is 24.5. The van der Waals surface area contributed by atoms with Crippen LogP contribution in [-0.2, 0) is 32.7 Å². The third-order valence-electron chi connectivity index (χ3n) is 4.03. The van der Waals surface area contributed by atoms with Crippen molar-refractivity contribution in [3.8, 4) is 0 Å². The Bertz CT molecular complexity index is 185. The zero-order valence-corrected chi connectivity index (χ0v) is 14.0. The summed E-state index contributed by atoms with van der Waals surface area (Å²) < 4.78 is 0. The Balaban J connectivity index is 0.00000144. The summed E-state index contributed by atoms with van der Waals surface area (Å²) in [6, 6.07) is 0.906. The number of piperazine rings is 1. The van der Waals surface area contributed by atoms with Gasteiger partial charge in [0, 0.05) is 51.8 Å². The summed E-state index contributed by atoms with van der Waals surface area (Å²) in [6.07, 6.45) is 9.45. The van der Waals surface area contributed by atoms with Crippen molar-refractivity contribution in [2.24, 2.45) is 0 Å². The van der Waals surface area contributed by atoms with Gasteiger partial charge in [-0.3, -0.25) is 11.4 Å². The zero-order chi connectivity index (χ0) is 11.2. The minimum Gasteiger partial charge on any atom is -0.454 e. The van der Waals surface area contributed by atoms with Crippen molar-refractivity contribution in [3.05, 3.63) is 13.5 Å². The molecule has 1 heterocycles. The Morgan fingerprint density at radius 2 is 1.65 bits per heavy atom. The maximum atomic E-state index is 3.89. The molecular formula is C14H26N2Y-2. The van der Waals surface area contributed by atoms with Crippen LogP contribution in [0.2, 0.25) is 0 Å². The molecule has 0 spiro atoms. The average Bonchev–Trinajstić information content (AvgIpc) is 2.38. The third-order valence-corrected chi connectivity index (χ3v) is 4.03. The number of unbranched alkanes of at least 4 members (excludes halogenated alkanes) is 1. The van der Waals surface area contributed by atoms with Crippen LogP contribution in [0.3, 0.4) is 0 Å². The SMILES string of the molecule is [CH2-]CC[CH-]N1CCN(C2CCCCC2)CC1.[Y]. The van der Waals surface area contributed by atoms with Crippen LogP contribution >= 0.6 is 0 Å². The molecule has 0 N–H and O–H groups in total. The van der Waals surface area contributed by atoms with E-state index in [-0.39, 0.29) is 32.7 Å². The van der Waals surface area contributed by atoms with E-state index in [0.29, 0.717) is 0 Å². The molecule has 0 bridgehead atoms. The van der Waals surface area contributed by atoms with E-state index in [9.17, 15) is 0 Å². The number of nitrogens with zero attached hydrogens (tertiary/aromatic N) is 2. The minimum atomic E-state index is 0. The van der Waals surface area contributed by atoms with E-state index in [1.807, 2.05) is 0 Å². The molecular weight excluding hydrogens is 285 g/mol. The quantitative estimate of drug-likeness (QED) is 0.737. The van der Waals surface area contributed by atoms with Crippen LogP contribution in [0.4, 0.5) is 0 Å². The molecule has 3 heteroatoms. The molecule has 1 radical (unpaired) electrons. The fourth-order valence-corrected chi connectivity index (χ4v) is 3.01. The van der Waals surface area contributed by atoms with Crippen molar-refractivity contribution in [1.82, 2.24) is 9.80 Å². The van der Waals surface area contributed by atoms with Gasteiger partial charge in [-0.15, -0.1) is 0 Å². The van der Waals surface area contributed by atoms with Crippen molar-refractivity contribution in [2.45, 2.75) is 51.0 Å². The summed E-state index contributed by atoms with van der Waals surface area (Å²) in [5.41, 5.74) is 0. The molecule has 97 valence electrons. The van der Waals surface area contributed by atoms with E-state index in [0.717, 1.165) is 18.9 Å². The topological polar surface area (TPSA) is 6.48 Å². The number of rotatable bonds is 4. The molecule has 1 saturated carbocycles. The van der Waals surface area contributed by atoms with Crippen LogP contribution in [0, 0.1) is 13.5 Å². The van der Waals surface area contributed by atoms with Gasteiger partial charge in [0.1, 0.15) is 0 Å². The molecule has 2 fully saturated rings. The molecule has 17 heavy (non-hydrogen) atoms. The molecule has 2 aliphatic rings. The van der Waals surface area contributed by atoms with Crippen LogP contribution in [0.15, 0.2) is 0 Å². The number of hydrogen-bond donors (Lipinski definition) is 0. The van der Waals surface area contributed by atoms with Gasteiger partial charge < -0.3 is 11.8 Å². The molecule has 0 aromatic heterocycles. The second kappa shape index (κ2) is 9.01. The van der Waals surface area contributed by atoms with Gasteiger partial charge in [0.25, 0.3) is 0 Å².